The van der Waals surface area contributed by atoms with Crippen molar-refractivity contribution in [1.29, 1.82) is 0 Å². The first-order valence-corrected chi connectivity index (χ1v) is 11.7. The van der Waals surface area contributed by atoms with Crippen LogP contribution in [0, 0.1) is 0 Å². The highest BCUT2D eigenvalue weighted by molar-refractivity contribution is 7.89. The monoisotopic (exact) mass is 430 g/mol. The summed E-state index contributed by atoms with van der Waals surface area (Å²) in [5.41, 5.74) is 2.56. The maximum atomic E-state index is 12.1. The number of sulfonamides is 1. The molecule has 1 aliphatic heterocycles. The molecule has 0 aromatic carbocycles. The van der Waals surface area contributed by atoms with Crippen molar-refractivity contribution in [1.82, 2.24) is 24.5 Å². The van der Waals surface area contributed by atoms with Crippen LogP contribution in [0.3, 0.4) is 0 Å². The largest absolute Gasteiger partial charge is 0.475 e. The fraction of sp³-hybridized carbons (Fsp3) is 0.450. The van der Waals surface area contributed by atoms with Crippen molar-refractivity contribution in [2.75, 3.05) is 36.8 Å². The standard InChI is InChI=1S/C20H26N6O3S/c1-4-30(27,28)26-9-7-25(8-10-26)18-11-15(5-6-21-18)20-16-12-19(29-14(2)3)22-13-17(16)23-24-20/h5-6,11-14H,4,7-10H2,1-3H3,(H,23,24). The van der Waals surface area contributed by atoms with Gasteiger partial charge < -0.3 is 9.64 Å². The number of piperazine rings is 1. The lowest BCUT2D eigenvalue weighted by Gasteiger charge is -2.34. The summed E-state index contributed by atoms with van der Waals surface area (Å²) in [4.78, 5) is 10.9. The number of fused-ring (bicyclic) bond motifs is 1. The summed E-state index contributed by atoms with van der Waals surface area (Å²) >= 11 is 0. The smallest absolute Gasteiger partial charge is 0.214 e. The van der Waals surface area contributed by atoms with Crippen LogP contribution < -0.4 is 9.64 Å². The zero-order valence-corrected chi connectivity index (χ0v) is 18.2. The number of anilines is 1. The second-order valence-corrected chi connectivity index (χ2v) is 9.75. The van der Waals surface area contributed by atoms with Gasteiger partial charge in [-0.15, -0.1) is 0 Å². The van der Waals surface area contributed by atoms with E-state index >= 15 is 0 Å². The summed E-state index contributed by atoms with van der Waals surface area (Å²) in [6.07, 6.45) is 3.51. The van der Waals surface area contributed by atoms with Gasteiger partial charge in [0.25, 0.3) is 0 Å². The molecule has 1 fully saturated rings. The Kier molecular flexibility index (Phi) is 5.61. The number of ether oxygens (including phenoxy) is 1. The van der Waals surface area contributed by atoms with E-state index in [9.17, 15) is 8.42 Å². The Morgan fingerprint density at radius 3 is 2.63 bits per heavy atom. The molecule has 1 N–H and O–H groups in total. The molecular formula is C20H26N6O3S. The van der Waals surface area contributed by atoms with Crippen LogP contribution in [0.1, 0.15) is 20.8 Å². The molecule has 0 unspecified atom stereocenters. The van der Waals surface area contributed by atoms with Crippen LogP contribution in [-0.4, -0.2) is 70.9 Å². The summed E-state index contributed by atoms with van der Waals surface area (Å²) < 4.78 is 31.5. The molecule has 9 nitrogen and oxygen atoms in total. The number of pyridine rings is 2. The topological polar surface area (TPSA) is 104 Å². The van der Waals surface area contributed by atoms with Crippen LogP contribution in [-0.2, 0) is 10.0 Å². The third kappa shape index (κ3) is 4.10. The Balaban J connectivity index is 1.59. The molecule has 0 aliphatic carbocycles. The first-order valence-electron chi connectivity index (χ1n) is 10.1. The number of rotatable bonds is 6. The number of aromatic amines is 1. The Hall–Kier alpha value is -2.72. The van der Waals surface area contributed by atoms with Crippen molar-refractivity contribution >= 4 is 26.7 Å². The molecule has 30 heavy (non-hydrogen) atoms. The second-order valence-electron chi connectivity index (χ2n) is 7.50. The fourth-order valence-corrected chi connectivity index (χ4v) is 4.62. The first kappa shape index (κ1) is 20.5. The van der Waals surface area contributed by atoms with E-state index in [-0.39, 0.29) is 11.9 Å². The van der Waals surface area contributed by atoms with Crippen LogP contribution >= 0.6 is 0 Å². The van der Waals surface area contributed by atoms with Gasteiger partial charge in [0.2, 0.25) is 15.9 Å². The normalized spacial score (nSPS) is 15.8. The molecule has 0 amide bonds. The van der Waals surface area contributed by atoms with E-state index in [0.29, 0.717) is 32.1 Å². The van der Waals surface area contributed by atoms with Gasteiger partial charge in [-0.1, -0.05) is 0 Å². The summed E-state index contributed by atoms with van der Waals surface area (Å²) in [5, 5.41) is 8.42. The average molecular weight is 431 g/mol. The van der Waals surface area contributed by atoms with E-state index in [0.717, 1.165) is 28.0 Å². The quantitative estimate of drug-likeness (QED) is 0.640. The number of nitrogens with one attached hydrogen (secondary N) is 1. The van der Waals surface area contributed by atoms with E-state index in [1.807, 2.05) is 32.0 Å². The highest BCUT2D eigenvalue weighted by atomic mass is 32.2. The SMILES string of the molecule is CCS(=O)(=O)N1CCN(c2cc(-c3n[nH]c4cnc(OC(C)C)cc34)ccn2)CC1. The van der Waals surface area contributed by atoms with E-state index in [1.54, 1.807) is 23.6 Å². The van der Waals surface area contributed by atoms with Gasteiger partial charge in [-0.2, -0.15) is 9.40 Å². The maximum Gasteiger partial charge on any atom is 0.214 e. The van der Waals surface area contributed by atoms with E-state index < -0.39 is 10.0 Å². The molecule has 0 saturated carbocycles. The lowest BCUT2D eigenvalue weighted by atomic mass is 10.1. The van der Waals surface area contributed by atoms with Crippen molar-refractivity contribution in [3.63, 3.8) is 0 Å². The molecule has 4 heterocycles. The number of hydrogen-bond donors (Lipinski definition) is 1. The van der Waals surface area contributed by atoms with Crippen LogP contribution in [0.5, 0.6) is 5.88 Å². The van der Waals surface area contributed by atoms with Crippen LogP contribution in [0.4, 0.5) is 5.82 Å². The van der Waals surface area contributed by atoms with Gasteiger partial charge in [0, 0.05) is 49.4 Å². The van der Waals surface area contributed by atoms with Gasteiger partial charge >= 0.3 is 0 Å². The first-order chi connectivity index (χ1) is 14.4. The second kappa shape index (κ2) is 8.19. The number of nitrogens with zero attached hydrogens (tertiary/aromatic N) is 5. The van der Waals surface area contributed by atoms with Gasteiger partial charge in [-0.25, -0.2) is 18.4 Å². The molecule has 10 heteroatoms. The third-order valence-electron chi connectivity index (χ3n) is 5.12. The highest BCUT2D eigenvalue weighted by Gasteiger charge is 2.26. The van der Waals surface area contributed by atoms with E-state index in [2.05, 4.69) is 25.1 Å². The maximum absolute atomic E-state index is 12.1. The minimum atomic E-state index is -3.15. The Labute approximate surface area is 176 Å². The third-order valence-corrected chi connectivity index (χ3v) is 7.00. The average Bonchev–Trinajstić information content (AvgIpc) is 3.17. The number of hydrogen-bond acceptors (Lipinski definition) is 7. The molecule has 4 rings (SSSR count). The molecule has 3 aromatic rings. The number of aromatic nitrogens is 4. The van der Waals surface area contributed by atoms with Gasteiger partial charge in [-0.05, 0) is 32.9 Å². The molecule has 3 aromatic heterocycles. The van der Waals surface area contributed by atoms with Crippen LogP contribution in [0.25, 0.3) is 22.2 Å². The summed E-state index contributed by atoms with van der Waals surface area (Å²) in [7, 11) is -3.15. The molecule has 0 atom stereocenters. The lowest BCUT2D eigenvalue weighted by Crippen LogP contribution is -2.49. The van der Waals surface area contributed by atoms with Crippen LogP contribution in [0.15, 0.2) is 30.6 Å². The summed E-state index contributed by atoms with van der Waals surface area (Å²) in [6, 6.07) is 5.80. The Bertz CT molecular complexity index is 1140. The van der Waals surface area contributed by atoms with Gasteiger partial charge in [-0.3, -0.25) is 5.10 Å². The molecule has 0 radical (unpaired) electrons. The summed E-state index contributed by atoms with van der Waals surface area (Å²) in [5.74, 6) is 1.50. The van der Waals surface area contributed by atoms with Crippen molar-refractivity contribution in [2.45, 2.75) is 26.9 Å². The fourth-order valence-electron chi connectivity index (χ4n) is 3.54. The minimum Gasteiger partial charge on any atom is -0.475 e. The lowest BCUT2D eigenvalue weighted by molar-refractivity contribution is 0.233. The molecule has 1 saturated heterocycles. The molecule has 0 spiro atoms. The number of H-pyrrole nitrogens is 1. The van der Waals surface area contributed by atoms with E-state index in [1.165, 1.54) is 0 Å². The zero-order valence-electron chi connectivity index (χ0n) is 17.4. The van der Waals surface area contributed by atoms with Crippen molar-refractivity contribution in [3.8, 4) is 17.1 Å². The molecule has 160 valence electrons. The van der Waals surface area contributed by atoms with Gasteiger partial charge in [0.1, 0.15) is 11.5 Å². The Morgan fingerprint density at radius 1 is 1.17 bits per heavy atom. The molecular weight excluding hydrogens is 404 g/mol. The van der Waals surface area contributed by atoms with Crippen molar-refractivity contribution < 1.29 is 13.2 Å². The van der Waals surface area contributed by atoms with Gasteiger partial charge in [0.05, 0.1) is 23.6 Å². The van der Waals surface area contributed by atoms with Crippen LogP contribution in [0.2, 0.25) is 0 Å². The predicted octanol–water partition coefficient (Wildman–Crippen LogP) is 2.28. The van der Waals surface area contributed by atoms with Gasteiger partial charge in [0.15, 0.2) is 0 Å². The molecule has 1 aliphatic rings. The highest BCUT2D eigenvalue weighted by Crippen LogP contribution is 2.30. The Morgan fingerprint density at radius 2 is 1.93 bits per heavy atom. The predicted molar refractivity (Wildman–Crippen MR) is 116 cm³/mol. The van der Waals surface area contributed by atoms with Crippen molar-refractivity contribution in [2.24, 2.45) is 0 Å². The van der Waals surface area contributed by atoms with Crippen molar-refractivity contribution in [3.05, 3.63) is 30.6 Å². The summed E-state index contributed by atoms with van der Waals surface area (Å²) in [6.45, 7) is 7.74. The minimum absolute atomic E-state index is 0.0352. The zero-order chi connectivity index (χ0) is 21.3. The van der Waals surface area contributed by atoms with E-state index in [4.69, 9.17) is 4.74 Å². The molecule has 0 bridgehead atoms.